The molecule has 126 valence electrons. The third kappa shape index (κ3) is 2.45. The molecule has 0 bridgehead atoms. The predicted molar refractivity (Wildman–Crippen MR) is 93.6 cm³/mol. The van der Waals surface area contributed by atoms with Crippen LogP contribution < -0.4 is 0 Å². The van der Waals surface area contributed by atoms with Crippen LogP contribution in [0.3, 0.4) is 0 Å². The summed E-state index contributed by atoms with van der Waals surface area (Å²) in [7, 11) is -3.39. The monoisotopic (exact) mass is 362 g/mol. The standard InChI is InChI=1S/C16H18N4O2S2/c1-2-14-18-13-5-3-8-17-16(13)20(14)12-7-9-19(11-12)24(21,22)15-6-4-10-23-15/h3-6,8,10,12H,2,7,9,11H2,1H3. The molecule has 1 saturated heterocycles. The summed E-state index contributed by atoms with van der Waals surface area (Å²) in [6.45, 7) is 3.06. The Morgan fingerprint density at radius 1 is 1.33 bits per heavy atom. The summed E-state index contributed by atoms with van der Waals surface area (Å²) >= 11 is 1.26. The molecule has 8 heteroatoms. The second-order valence-corrected chi connectivity index (χ2v) is 8.95. The molecule has 0 radical (unpaired) electrons. The van der Waals surface area contributed by atoms with Crippen LogP contribution in [-0.2, 0) is 16.4 Å². The number of sulfonamides is 1. The van der Waals surface area contributed by atoms with Crippen molar-refractivity contribution in [1.82, 2.24) is 18.8 Å². The smallest absolute Gasteiger partial charge is 0.252 e. The van der Waals surface area contributed by atoms with E-state index in [0.717, 1.165) is 29.8 Å². The van der Waals surface area contributed by atoms with Gasteiger partial charge in [0.05, 0.1) is 6.04 Å². The minimum atomic E-state index is -3.39. The molecule has 0 spiro atoms. The molecule has 0 aromatic carbocycles. The lowest BCUT2D eigenvalue weighted by molar-refractivity contribution is 0.451. The van der Waals surface area contributed by atoms with Gasteiger partial charge in [0.2, 0.25) is 0 Å². The van der Waals surface area contributed by atoms with Gasteiger partial charge >= 0.3 is 0 Å². The van der Waals surface area contributed by atoms with Gasteiger partial charge in [0.1, 0.15) is 15.6 Å². The van der Waals surface area contributed by atoms with Gasteiger partial charge in [0.15, 0.2) is 5.65 Å². The molecule has 0 amide bonds. The van der Waals surface area contributed by atoms with Crippen LogP contribution in [0.1, 0.15) is 25.2 Å². The lowest BCUT2D eigenvalue weighted by Crippen LogP contribution is -2.29. The van der Waals surface area contributed by atoms with Crippen molar-refractivity contribution in [1.29, 1.82) is 0 Å². The summed E-state index contributed by atoms with van der Waals surface area (Å²) in [5.74, 6) is 0.962. The van der Waals surface area contributed by atoms with Crippen LogP contribution in [0, 0.1) is 0 Å². The molecular weight excluding hydrogens is 344 g/mol. The van der Waals surface area contributed by atoms with E-state index >= 15 is 0 Å². The molecule has 3 aromatic rings. The van der Waals surface area contributed by atoms with Crippen LogP contribution in [0.25, 0.3) is 11.2 Å². The molecule has 0 saturated carbocycles. The van der Waals surface area contributed by atoms with E-state index in [1.165, 1.54) is 11.3 Å². The van der Waals surface area contributed by atoms with E-state index in [4.69, 9.17) is 0 Å². The maximum absolute atomic E-state index is 12.7. The molecule has 1 fully saturated rings. The first-order chi connectivity index (χ1) is 11.6. The molecule has 1 unspecified atom stereocenters. The predicted octanol–water partition coefficient (Wildman–Crippen LogP) is 2.69. The quantitative estimate of drug-likeness (QED) is 0.716. The largest absolute Gasteiger partial charge is 0.308 e. The van der Waals surface area contributed by atoms with E-state index < -0.39 is 10.0 Å². The van der Waals surface area contributed by atoms with Crippen LogP contribution >= 0.6 is 11.3 Å². The van der Waals surface area contributed by atoms with E-state index in [9.17, 15) is 8.42 Å². The van der Waals surface area contributed by atoms with Crippen molar-refractivity contribution in [3.05, 3.63) is 41.7 Å². The van der Waals surface area contributed by atoms with Gasteiger partial charge in [-0.2, -0.15) is 4.31 Å². The minimum Gasteiger partial charge on any atom is -0.308 e. The van der Waals surface area contributed by atoms with E-state index in [1.54, 1.807) is 28.0 Å². The summed E-state index contributed by atoms with van der Waals surface area (Å²) < 4.78 is 29.6. The molecule has 3 aromatic heterocycles. The van der Waals surface area contributed by atoms with Crippen molar-refractivity contribution in [2.45, 2.75) is 30.0 Å². The number of aromatic nitrogens is 3. The molecule has 1 atom stereocenters. The van der Waals surface area contributed by atoms with Gasteiger partial charge in [0.25, 0.3) is 10.0 Å². The molecule has 4 rings (SSSR count). The molecule has 1 aliphatic heterocycles. The van der Waals surface area contributed by atoms with Gasteiger partial charge < -0.3 is 4.57 Å². The molecule has 4 heterocycles. The van der Waals surface area contributed by atoms with Gasteiger partial charge in [-0.3, -0.25) is 0 Å². The Balaban J connectivity index is 1.69. The van der Waals surface area contributed by atoms with Crippen LogP contribution in [0.5, 0.6) is 0 Å². The number of fused-ring (bicyclic) bond motifs is 1. The first-order valence-electron chi connectivity index (χ1n) is 7.96. The maximum Gasteiger partial charge on any atom is 0.252 e. The fraction of sp³-hybridized carbons (Fsp3) is 0.375. The molecule has 24 heavy (non-hydrogen) atoms. The van der Waals surface area contributed by atoms with Crippen LogP contribution in [0.4, 0.5) is 0 Å². The zero-order valence-electron chi connectivity index (χ0n) is 13.3. The van der Waals surface area contributed by atoms with Gasteiger partial charge in [-0.1, -0.05) is 13.0 Å². The van der Waals surface area contributed by atoms with Gasteiger partial charge in [-0.05, 0) is 30.0 Å². The molecule has 6 nitrogen and oxygen atoms in total. The summed E-state index contributed by atoms with van der Waals surface area (Å²) in [6, 6.07) is 7.34. The number of pyridine rings is 1. The highest BCUT2D eigenvalue weighted by Gasteiger charge is 2.35. The highest BCUT2D eigenvalue weighted by molar-refractivity contribution is 7.91. The summed E-state index contributed by atoms with van der Waals surface area (Å²) in [5, 5.41) is 1.79. The number of hydrogen-bond acceptors (Lipinski definition) is 5. The maximum atomic E-state index is 12.7. The molecule has 0 N–H and O–H groups in total. The number of hydrogen-bond donors (Lipinski definition) is 0. The minimum absolute atomic E-state index is 0.0783. The molecular formula is C16H18N4O2S2. The third-order valence-electron chi connectivity index (χ3n) is 4.42. The average molecular weight is 362 g/mol. The fourth-order valence-electron chi connectivity index (χ4n) is 3.29. The number of rotatable bonds is 4. The fourth-order valence-corrected chi connectivity index (χ4v) is 5.92. The number of nitrogens with zero attached hydrogens (tertiary/aromatic N) is 4. The number of imidazole rings is 1. The summed E-state index contributed by atoms with van der Waals surface area (Å²) in [4.78, 5) is 9.11. The van der Waals surface area contributed by atoms with Crippen molar-refractivity contribution in [2.75, 3.05) is 13.1 Å². The van der Waals surface area contributed by atoms with E-state index in [2.05, 4.69) is 21.5 Å². The molecule has 1 aliphatic rings. The zero-order valence-corrected chi connectivity index (χ0v) is 14.9. The lowest BCUT2D eigenvalue weighted by atomic mass is 10.2. The van der Waals surface area contributed by atoms with Crippen molar-refractivity contribution >= 4 is 32.5 Å². The Labute approximate surface area is 144 Å². The Hall–Kier alpha value is -1.77. The summed E-state index contributed by atoms with van der Waals surface area (Å²) in [5.41, 5.74) is 1.71. The average Bonchev–Trinajstić information content (AvgIpc) is 3.31. The Kier molecular flexibility index (Phi) is 3.90. The highest BCUT2D eigenvalue weighted by Crippen LogP contribution is 2.32. The Morgan fingerprint density at radius 2 is 2.21 bits per heavy atom. The third-order valence-corrected chi connectivity index (χ3v) is 7.66. The van der Waals surface area contributed by atoms with E-state index in [0.29, 0.717) is 17.3 Å². The van der Waals surface area contributed by atoms with Gasteiger partial charge in [0, 0.05) is 25.7 Å². The van der Waals surface area contributed by atoms with Crippen molar-refractivity contribution in [2.24, 2.45) is 0 Å². The number of thiophene rings is 1. The SMILES string of the molecule is CCc1nc2cccnc2n1C1CCN(S(=O)(=O)c2cccs2)C1. The molecule has 0 aliphatic carbocycles. The first-order valence-corrected chi connectivity index (χ1v) is 10.3. The second-order valence-electron chi connectivity index (χ2n) is 5.84. The van der Waals surface area contributed by atoms with Crippen LogP contribution in [-0.4, -0.2) is 40.3 Å². The topological polar surface area (TPSA) is 68.1 Å². The van der Waals surface area contributed by atoms with Crippen LogP contribution in [0.2, 0.25) is 0 Å². The zero-order chi connectivity index (χ0) is 16.7. The summed E-state index contributed by atoms with van der Waals surface area (Å²) in [6.07, 6.45) is 3.33. The number of aryl methyl sites for hydroxylation is 1. The lowest BCUT2D eigenvalue weighted by Gasteiger charge is -2.17. The van der Waals surface area contributed by atoms with Crippen molar-refractivity contribution in [3.8, 4) is 0 Å². The Bertz CT molecular complexity index is 963. The highest BCUT2D eigenvalue weighted by atomic mass is 32.2. The van der Waals surface area contributed by atoms with Crippen molar-refractivity contribution < 1.29 is 8.42 Å². The van der Waals surface area contributed by atoms with Crippen LogP contribution in [0.15, 0.2) is 40.1 Å². The second kappa shape index (κ2) is 5.94. The Morgan fingerprint density at radius 3 is 2.96 bits per heavy atom. The van der Waals surface area contributed by atoms with E-state index in [-0.39, 0.29) is 6.04 Å². The first kappa shape index (κ1) is 15.7. The van der Waals surface area contributed by atoms with Crippen molar-refractivity contribution in [3.63, 3.8) is 0 Å². The normalized spacial score (nSPS) is 19.3. The van der Waals surface area contributed by atoms with E-state index in [1.807, 2.05) is 12.1 Å². The van der Waals surface area contributed by atoms with Gasteiger partial charge in [-0.25, -0.2) is 18.4 Å². The van der Waals surface area contributed by atoms with Gasteiger partial charge in [-0.15, -0.1) is 11.3 Å².